The van der Waals surface area contributed by atoms with Crippen molar-refractivity contribution in [2.45, 2.75) is 88.8 Å². The molecular formula is C27H34O9. The molecule has 5 fully saturated rings. The molecule has 1 unspecified atom stereocenters. The summed E-state index contributed by atoms with van der Waals surface area (Å²) in [5.41, 5.74) is -7.76. The maximum Gasteiger partial charge on any atom is 0.309 e. The highest BCUT2D eigenvalue weighted by Gasteiger charge is 2.89. The Morgan fingerprint density at radius 2 is 1.86 bits per heavy atom. The number of ether oxygens (including phenoxy) is 3. The van der Waals surface area contributed by atoms with Gasteiger partial charge in [-0.3, -0.25) is 14.4 Å². The standard InChI is InChI=1S/C27H34O9/c1-22(2)16(10-17(28)33-5)24(4)19(30)15-11-27(36-21(15)22)25(24,31)8-7-23(3)20(14-6-9-34-13-14)35-18(29)12-26(23,27)32/h6,9,13,15-16,20-21,31-32H,7-8,10-12H2,1-5H3/t15-,16+,20+,21-,23+,24-,25+,26?,27+/m1/s1. The van der Waals surface area contributed by atoms with E-state index in [1.807, 2.05) is 20.8 Å². The van der Waals surface area contributed by atoms with E-state index in [2.05, 4.69) is 0 Å². The van der Waals surface area contributed by atoms with E-state index in [9.17, 15) is 24.6 Å². The molecule has 36 heavy (non-hydrogen) atoms. The Labute approximate surface area is 209 Å². The molecule has 3 bridgehead atoms. The fourth-order valence-corrected chi connectivity index (χ4v) is 9.30. The minimum atomic E-state index is -1.84. The number of Topliss-reactive ketones (excluding diaryl/α,β-unsaturated/α-hetero) is 1. The highest BCUT2D eigenvalue weighted by Crippen LogP contribution is 2.78. The number of fused-ring (bicyclic) bond motifs is 3. The number of hydrogen-bond donors (Lipinski definition) is 2. The first-order chi connectivity index (χ1) is 16.7. The summed E-state index contributed by atoms with van der Waals surface area (Å²) in [5.74, 6) is -2.39. The van der Waals surface area contributed by atoms with Gasteiger partial charge in [-0.2, -0.15) is 0 Å². The molecule has 1 aromatic heterocycles. The highest BCUT2D eigenvalue weighted by molar-refractivity contribution is 5.93. The normalized spacial score (nSPS) is 50.3. The van der Waals surface area contributed by atoms with Crippen molar-refractivity contribution in [3.8, 4) is 0 Å². The van der Waals surface area contributed by atoms with E-state index >= 15 is 0 Å². The summed E-state index contributed by atoms with van der Waals surface area (Å²) in [6, 6.07) is 1.70. The van der Waals surface area contributed by atoms with E-state index in [4.69, 9.17) is 18.6 Å². The predicted molar refractivity (Wildman–Crippen MR) is 122 cm³/mol. The zero-order chi connectivity index (χ0) is 26.1. The van der Waals surface area contributed by atoms with Crippen molar-refractivity contribution in [3.05, 3.63) is 24.2 Å². The van der Waals surface area contributed by atoms with Crippen LogP contribution in [0, 0.1) is 28.1 Å². The zero-order valence-electron chi connectivity index (χ0n) is 21.3. The van der Waals surface area contributed by atoms with Gasteiger partial charge in [-0.15, -0.1) is 0 Å². The maximum absolute atomic E-state index is 14.1. The van der Waals surface area contributed by atoms with Gasteiger partial charge in [-0.25, -0.2) is 0 Å². The SMILES string of the molecule is COC(=O)C[C@H]1C(C)(C)[C@@H]2O[C@@]34C[C@@H]2C(=O)[C@]1(C)[C@@]3(O)CC[C@@]1(C)[C@H](c2ccoc2)OC(=O)CC14O. The van der Waals surface area contributed by atoms with Gasteiger partial charge in [0.05, 0.1) is 37.6 Å². The van der Waals surface area contributed by atoms with Crippen molar-refractivity contribution in [3.63, 3.8) is 0 Å². The molecule has 3 saturated carbocycles. The van der Waals surface area contributed by atoms with Crippen LogP contribution < -0.4 is 0 Å². The van der Waals surface area contributed by atoms with E-state index in [0.29, 0.717) is 5.56 Å². The number of ketones is 1. The van der Waals surface area contributed by atoms with Gasteiger partial charge in [0.1, 0.15) is 28.7 Å². The van der Waals surface area contributed by atoms with Gasteiger partial charge < -0.3 is 28.8 Å². The first-order valence-corrected chi connectivity index (χ1v) is 12.7. The number of carbonyl (C=O) groups is 3. The molecule has 2 saturated heterocycles. The third-order valence-electron chi connectivity index (χ3n) is 11.2. The van der Waals surface area contributed by atoms with Gasteiger partial charge in [0.25, 0.3) is 0 Å². The molecule has 2 N–H and O–H groups in total. The van der Waals surface area contributed by atoms with Crippen molar-refractivity contribution in [1.29, 1.82) is 0 Å². The fraction of sp³-hybridized carbons (Fsp3) is 0.741. The molecule has 9 atom stereocenters. The molecule has 196 valence electrons. The van der Waals surface area contributed by atoms with Gasteiger partial charge in [-0.1, -0.05) is 20.8 Å². The zero-order valence-corrected chi connectivity index (χ0v) is 21.3. The van der Waals surface area contributed by atoms with Crippen LogP contribution >= 0.6 is 0 Å². The molecule has 9 nitrogen and oxygen atoms in total. The second kappa shape index (κ2) is 6.79. The van der Waals surface area contributed by atoms with Crippen LogP contribution in [0.15, 0.2) is 23.0 Å². The number of esters is 2. The summed E-state index contributed by atoms with van der Waals surface area (Å²) in [4.78, 5) is 39.7. The molecule has 9 heteroatoms. The van der Waals surface area contributed by atoms with Crippen LogP contribution in [-0.4, -0.2) is 58.0 Å². The molecular weight excluding hydrogens is 468 g/mol. The minimum absolute atomic E-state index is 0.0634. The number of furan rings is 1. The third-order valence-corrected chi connectivity index (χ3v) is 11.2. The van der Waals surface area contributed by atoms with E-state index in [-0.39, 0.29) is 37.9 Å². The lowest BCUT2D eigenvalue weighted by atomic mass is 9.35. The molecule has 0 amide bonds. The number of hydrogen-bond acceptors (Lipinski definition) is 9. The van der Waals surface area contributed by atoms with Crippen molar-refractivity contribution in [2.24, 2.45) is 28.1 Å². The smallest absolute Gasteiger partial charge is 0.309 e. The lowest BCUT2D eigenvalue weighted by Crippen LogP contribution is -2.84. The number of cyclic esters (lactones) is 1. The summed E-state index contributed by atoms with van der Waals surface area (Å²) in [5, 5.41) is 25.5. The molecule has 2 aliphatic heterocycles. The summed E-state index contributed by atoms with van der Waals surface area (Å²) in [7, 11) is 1.30. The van der Waals surface area contributed by atoms with E-state index in [1.165, 1.54) is 19.6 Å². The summed E-state index contributed by atoms with van der Waals surface area (Å²) in [6.45, 7) is 7.49. The first kappa shape index (κ1) is 24.1. The van der Waals surface area contributed by atoms with Gasteiger partial charge >= 0.3 is 11.9 Å². The molecule has 5 aliphatic rings. The fourth-order valence-electron chi connectivity index (χ4n) is 9.30. The van der Waals surface area contributed by atoms with Crippen molar-refractivity contribution in [1.82, 2.24) is 0 Å². The number of carbonyl (C=O) groups excluding carboxylic acids is 3. The number of rotatable bonds is 3. The van der Waals surface area contributed by atoms with Crippen LogP contribution in [0.25, 0.3) is 0 Å². The lowest BCUT2D eigenvalue weighted by molar-refractivity contribution is -0.358. The summed E-state index contributed by atoms with van der Waals surface area (Å²) >= 11 is 0. The van der Waals surface area contributed by atoms with E-state index < -0.39 is 69.0 Å². The third kappa shape index (κ3) is 2.28. The van der Waals surface area contributed by atoms with Crippen LogP contribution in [0.4, 0.5) is 0 Å². The molecule has 1 aromatic rings. The Balaban J connectivity index is 1.58. The highest BCUT2D eigenvalue weighted by atomic mass is 16.6. The van der Waals surface area contributed by atoms with Crippen LogP contribution in [0.5, 0.6) is 0 Å². The van der Waals surface area contributed by atoms with Gasteiger partial charge in [0, 0.05) is 23.3 Å². The Morgan fingerprint density at radius 1 is 1.14 bits per heavy atom. The van der Waals surface area contributed by atoms with Crippen LogP contribution in [0.1, 0.15) is 71.5 Å². The summed E-state index contributed by atoms with van der Waals surface area (Å²) < 4.78 is 22.9. The monoisotopic (exact) mass is 502 g/mol. The van der Waals surface area contributed by atoms with Crippen LogP contribution in [0.2, 0.25) is 0 Å². The van der Waals surface area contributed by atoms with Gasteiger partial charge in [0.15, 0.2) is 0 Å². The molecule has 0 radical (unpaired) electrons. The Bertz CT molecular complexity index is 1160. The van der Waals surface area contributed by atoms with Gasteiger partial charge in [0.2, 0.25) is 0 Å². The Morgan fingerprint density at radius 3 is 2.50 bits per heavy atom. The molecule has 0 aromatic carbocycles. The van der Waals surface area contributed by atoms with Crippen molar-refractivity contribution >= 4 is 17.7 Å². The predicted octanol–water partition coefficient (Wildman–Crippen LogP) is 2.48. The van der Waals surface area contributed by atoms with E-state index in [0.717, 1.165) is 0 Å². The van der Waals surface area contributed by atoms with E-state index in [1.54, 1.807) is 13.0 Å². The number of aliphatic hydroxyl groups is 2. The topological polar surface area (TPSA) is 132 Å². The minimum Gasteiger partial charge on any atom is -0.472 e. The average Bonchev–Trinajstić information content (AvgIpc) is 3.48. The number of methoxy groups -OCH3 is 1. The maximum atomic E-state index is 14.1. The average molecular weight is 503 g/mol. The second-order valence-corrected chi connectivity index (χ2v) is 12.6. The van der Waals surface area contributed by atoms with Crippen molar-refractivity contribution < 1.29 is 43.2 Å². The summed E-state index contributed by atoms with van der Waals surface area (Å²) in [6.07, 6.45) is 1.60. The molecule has 1 spiro atoms. The van der Waals surface area contributed by atoms with Crippen LogP contribution in [-0.2, 0) is 28.6 Å². The largest absolute Gasteiger partial charge is 0.472 e. The molecule has 3 aliphatic carbocycles. The Kier molecular flexibility index (Phi) is 4.55. The lowest BCUT2D eigenvalue weighted by Gasteiger charge is -2.71. The molecule has 3 heterocycles. The second-order valence-electron chi connectivity index (χ2n) is 12.6. The van der Waals surface area contributed by atoms with Gasteiger partial charge in [-0.05, 0) is 43.6 Å². The first-order valence-electron chi connectivity index (χ1n) is 12.7. The van der Waals surface area contributed by atoms with Crippen LogP contribution in [0.3, 0.4) is 0 Å². The quantitative estimate of drug-likeness (QED) is 0.598. The Hall–Kier alpha value is -2.23. The van der Waals surface area contributed by atoms with Crippen molar-refractivity contribution in [2.75, 3.05) is 7.11 Å². The molecule has 6 rings (SSSR count).